The summed E-state index contributed by atoms with van der Waals surface area (Å²) in [5.74, 6) is 1.12. The predicted octanol–water partition coefficient (Wildman–Crippen LogP) is 8.47. The van der Waals surface area contributed by atoms with E-state index in [4.69, 9.17) is 28.0 Å². The van der Waals surface area contributed by atoms with Crippen molar-refractivity contribution < 1.29 is 32.8 Å². The van der Waals surface area contributed by atoms with Crippen LogP contribution in [0.4, 0.5) is 5.82 Å². The van der Waals surface area contributed by atoms with Gasteiger partial charge in [-0.15, -0.1) is 0 Å². The molecule has 13 nitrogen and oxygen atoms in total. The Bertz CT molecular complexity index is 2180. The monoisotopic (exact) mass is 833 g/mol. The highest BCUT2D eigenvalue weighted by Gasteiger charge is 2.45. The lowest BCUT2D eigenvalue weighted by Gasteiger charge is -2.39. The average Bonchev–Trinajstić information content (AvgIpc) is 3.66. The summed E-state index contributed by atoms with van der Waals surface area (Å²) in [6, 6.07) is 38.0. The fourth-order valence-electron chi connectivity index (χ4n) is 7.30. The quantitative estimate of drug-likeness (QED) is 0.0486. The number of rotatable bonds is 19. The number of amides is 1. The first-order valence-corrected chi connectivity index (χ1v) is 21.1. The molecule has 0 bridgehead atoms. The van der Waals surface area contributed by atoms with Crippen molar-refractivity contribution in [2.24, 2.45) is 0 Å². The Kier molecular flexibility index (Phi) is 15.2. The molecule has 14 heteroatoms. The molecule has 4 atom stereocenters. The zero-order valence-corrected chi connectivity index (χ0v) is 35.7. The normalized spacial score (nSPS) is 17.1. The van der Waals surface area contributed by atoms with Crippen LogP contribution in [0, 0.1) is 11.3 Å². The summed E-state index contributed by atoms with van der Waals surface area (Å²) in [6.07, 6.45) is -0.153. The SMILES string of the molecule is COc1ccc(C(OC[C@@H]2O[C@H](n3ccc(NC(=O)c4ccccc4)nc3=O)C[C@H]2OP(OCCC#N)N(C(C)C)C(C)C)(c2ccccc2)c2ccc(OC)cc2)cc1. The number of methoxy groups -OCH3 is 2. The molecule has 1 aliphatic rings. The first kappa shape index (κ1) is 44.1. The van der Waals surface area contributed by atoms with Gasteiger partial charge in [0.1, 0.15) is 35.2 Å². The molecule has 1 fully saturated rings. The van der Waals surface area contributed by atoms with Crippen LogP contribution >= 0.6 is 8.53 Å². The third-order valence-electron chi connectivity index (χ3n) is 10.1. The van der Waals surface area contributed by atoms with Gasteiger partial charge < -0.3 is 33.3 Å². The molecule has 6 rings (SSSR count). The van der Waals surface area contributed by atoms with E-state index < -0.39 is 38.3 Å². The van der Waals surface area contributed by atoms with Crippen molar-refractivity contribution in [3.8, 4) is 17.6 Å². The molecule has 0 aliphatic carbocycles. The summed E-state index contributed by atoms with van der Waals surface area (Å²) in [5, 5.41) is 12.1. The van der Waals surface area contributed by atoms with Gasteiger partial charge in [0, 0.05) is 30.3 Å². The van der Waals surface area contributed by atoms with E-state index in [2.05, 4.69) is 48.7 Å². The molecule has 1 aliphatic heterocycles. The smallest absolute Gasteiger partial charge is 0.351 e. The van der Waals surface area contributed by atoms with E-state index >= 15 is 0 Å². The molecular weight excluding hydrogens is 782 g/mol. The number of anilines is 1. The average molecular weight is 834 g/mol. The Morgan fingerprint density at radius 3 is 1.98 bits per heavy atom. The lowest BCUT2D eigenvalue weighted by Crippen LogP contribution is -2.39. The van der Waals surface area contributed by atoms with Crippen molar-refractivity contribution in [1.82, 2.24) is 14.2 Å². The number of hydrogen-bond acceptors (Lipinski definition) is 11. The van der Waals surface area contributed by atoms with Crippen molar-refractivity contribution in [3.05, 3.63) is 154 Å². The van der Waals surface area contributed by atoms with E-state index in [0.29, 0.717) is 17.1 Å². The van der Waals surface area contributed by atoms with E-state index in [0.717, 1.165) is 16.7 Å². The van der Waals surface area contributed by atoms with Gasteiger partial charge in [-0.1, -0.05) is 72.8 Å². The maximum atomic E-state index is 13.7. The van der Waals surface area contributed by atoms with Crippen LogP contribution in [0.3, 0.4) is 0 Å². The number of hydrogen-bond donors (Lipinski definition) is 1. The first-order chi connectivity index (χ1) is 29.1. The maximum Gasteiger partial charge on any atom is 0.351 e. The van der Waals surface area contributed by atoms with Crippen molar-refractivity contribution in [3.63, 3.8) is 0 Å². The number of aromatic nitrogens is 2. The van der Waals surface area contributed by atoms with Gasteiger partial charge in [0.05, 0.1) is 46.0 Å². The highest BCUT2D eigenvalue weighted by Crippen LogP contribution is 2.50. The van der Waals surface area contributed by atoms with Gasteiger partial charge in [0.15, 0.2) is 0 Å². The molecule has 1 saturated heterocycles. The molecular formula is C46H52N5O8P. The molecule has 60 heavy (non-hydrogen) atoms. The van der Waals surface area contributed by atoms with Crippen molar-refractivity contribution in [2.45, 2.75) is 76.7 Å². The van der Waals surface area contributed by atoms with Gasteiger partial charge in [0.2, 0.25) is 0 Å². The molecule has 5 aromatic rings. The molecule has 2 heterocycles. The minimum absolute atomic E-state index is 0.0201. The Balaban J connectivity index is 1.39. The summed E-state index contributed by atoms with van der Waals surface area (Å²) < 4.78 is 41.9. The van der Waals surface area contributed by atoms with Crippen LogP contribution in [0.2, 0.25) is 0 Å². The van der Waals surface area contributed by atoms with Crippen molar-refractivity contribution >= 4 is 20.3 Å². The number of nitrogens with zero attached hydrogens (tertiary/aromatic N) is 4. The standard InChI is InChI=1S/C46H52N5O8P/c1-32(2)51(33(3)4)60(57-29-13-27-47)59-40-30-43(50-28-26-42(49-45(50)53)48-44(52)34-14-9-7-10-15-34)58-41(40)31-56-46(35-16-11-8-12-17-35,36-18-22-38(54-5)23-19-36)37-20-24-39(55-6)25-21-37/h7-12,14-26,28,32-33,40-41,43H,13,29-31H2,1-6H3,(H,48,49,52,53)/t40-,41+,43+,60?/m1/s1. The van der Waals surface area contributed by atoms with Crippen LogP contribution in [-0.4, -0.2) is 71.9 Å². The number of nitriles is 1. The minimum Gasteiger partial charge on any atom is -0.497 e. The summed E-state index contributed by atoms with van der Waals surface area (Å²) in [5.41, 5.74) is 1.22. The Morgan fingerprint density at radius 2 is 1.45 bits per heavy atom. The van der Waals surface area contributed by atoms with E-state index in [1.54, 1.807) is 50.7 Å². The summed E-state index contributed by atoms with van der Waals surface area (Å²) in [6.45, 7) is 8.49. The second kappa shape index (κ2) is 20.7. The minimum atomic E-state index is -1.70. The maximum absolute atomic E-state index is 13.7. The summed E-state index contributed by atoms with van der Waals surface area (Å²) in [7, 11) is 1.55. The number of ether oxygens (including phenoxy) is 4. The topological polar surface area (TPSA) is 146 Å². The largest absolute Gasteiger partial charge is 0.497 e. The van der Waals surface area contributed by atoms with E-state index in [1.165, 1.54) is 4.57 Å². The molecule has 1 aromatic heterocycles. The van der Waals surface area contributed by atoms with Crippen molar-refractivity contribution in [2.75, 3.05) is 32.8 Å². The fraction of sp³-hybridized carbons (Fsp3) is 0.348. The molecule has 0 radical (unpaired) electrons. The lowest BCUT2D eigenvalue weighted by molar-refractivity contribution is -0.0925. The second-order valence-corrected chi connectivity index (χ2v) is 16.1. The highest BCUT2D eigenvalue weighted by molar-refractivity contribution is 7.44. The zero-order valence-electron chi connectivity index (χ0n) is 34.8. The van der Waals surface area contributed by atoms with Gasteiger partial charge in [0.25, 0.3) is 14.4 Å². The molecule has 314 valence electrons. The van der Waals surface area contributed by atoms with E-state index in [1.807, 2.05) is 84.9 Å². The Labute approximate surface area is 352 Å². The molecule has 1 amide bonds. The van der Waals surface area contributed by atoms with Crippen LogP contribution in [0.25, 0.3) is 0 Å². The summed E-state index contributed by atoms with van der Waals surface area (Å²) in [4.78, 5) is 30.7. The molecule has 0 spiro atoms. The van der Waals surface area contributed by atoms with Gasteiger partial charge in [-0.25, -0.2) is 9.46 Å². The van der Waals surface area contributed by atoms with E-state index in [-0.39, 0.29) is 49.9 Å². The van der Waals surface area contributed by atoms with Crippen LogP contribution in [0.5, 0.6) is 11.5 Å². The number of nitrogens with one attached hydrogen (secondary N) is 1. The van der Waals surface area contributed by atoms with Gasteiger partial charge >= 0.3 is 5.69 Å². The molecule has 1 unspecified atom stereocenters. The number of benzene rings is 4. The highest BCUT2D eigenvalue weighted by atomic mass is 31.2. The number of carbonyl (C=O) groups is 1. The molecule has 0 saturated carbocycles. The lowest BCUT2D eigenvalue weighted by atomic mass is 9.80. The second-order valence-electron chi connectivity index (χ2n) is 14.7. The van der Waals surface area contributed by atoms with E-state index in [9.17, 15) is 14.9 Å². The van der Waals surface area contributed by atoms with Crippen LogP contribution in [0.15, 0.2) is 126 Å². The van der Waals surface area contributed by atoms with Crippen LogP contribution < -0.4 is 20.5 Å². The molecule has 1 N–H and O–H groups in total. The van der Waals surface area contributed by atoms with Crippen LogP contribution in [-0.2, 0) is 24.1 Å². The first-order valence-electron chi connectivity index (χ1n) is 19.9. The zero-order chi connectivity index (χ0) is 42.6. The van der Waals surface area contributed by atoms with Gasteiger partial charge in [-0.2, -0.15) is 10.2 Å². The molecule has 4 aromatic carbocycles. The fourth-order valence-corrected chi connectivity index (χ4v) is 9.06. The third-order valence-corrected chi connectivity index (χ3v) is 12.3. The van der Waals surface area contributed by atoms with Gasteiger partial charge in [-0.05, 0) is 86.8 Å². The predicted molar refractivity (Wildman–Crippen MR) is 230 cm³/mol. The Morgan fingerprint density at radius 1 is 0.883 bits per heavy atom. The third kappa shape index (κ3) is 10.3. The van der Waals surface area contributed by atoms with Crippen LogP contribution in [0.1, 0.15) is 73.8 Å². The van der Waals surface area contributed by atoms with Gasteiger partial charge in [-0.3, -0.25) is 9.36 Å². The summed E-state index contributed by atoms with van der Waals surface area (Å²) >= 11 is 0. The van der Waals surface area contributed by atoms with Crippen molar-refractivity contribution in [1.29, 1.82) is 5.26 Å². The number of carbonyl (C=O) groups excluding carboxylic acids is 1. The Hall–Kier alpha value is -5.45.